The van der Waals surface area contributed by atoms with Crippen molar-refractivity contribution in [1.29, 1.82) is 0 Å². The van der Waals surface area contributed by atoms with Crippen LogP contribution in [0.15, 0.2) is 53.6 Å². The number of halogens is 2. The number of sulfonamides is 1. The summed E-state index contributed by atoms with van der Waals surface area (Å²) in [6, 6.07) is 10.2. The molecule has 1 N–H and O–H groups in total. The van der Waals surface area contributed by atoms with E-state index >= 15 is 0 Å². The summed E-state index contributed by atoms with van der Waals surface area (Å²) in [7, 11) is -4.28. The molecule has 0 atom stereocenters. The van der Waals surface area contributed by atoms with Gasteiger partial charge in [-0.3, -0.25) is 0 Å². The highest BCUT2D eigenvalue weighted by Gasteiger charge is 2.33. The molecule has 3 heterocycles. The number of nitrogens with zero attached hydrogens (tertiary/aromatic N) is 5. The lowest BCUT2D eigenvalue weighted by atomic mass is 10.3. The van der Waals surface area contributed by atoms with E-state index in [4.69, 9.17) is 0 Å². The number of nitrogens with one attached hydrogen (secondary N) is 1. The van der Waals surface area contributed by atoms with Crippen LogP contribution >= 0.6 is 0 Å². The molecule has 0 bridgehead atoms. The van der Waals surface area contributed by atoms with Crippen molar-refractivity contribution in [2.24, 2.45) is 0 Å². The summed E-state index contributed by atoms with van der Waals surface area (Å²) in [6.07, 6.45) is 1.66. The lowest BCUT2D eigenvalue weighted by Gasteiger charge is -2.34. The summed E-state index contributed by atoms with van der Waals surface area (Å²) < 4.78 is 54.7. The minimum Gasteiger partial charge on any atom is -0.354 e. The Kier molecular flexibility index (Phi) is 5.79. The molecular weight excluding hydrogens is 426 g/mol. The molecule has 1 saturated heterocycles. The lowest BCUT2D eigenvalue weighted by Crippen LogP contribution is -2.49. The summed E-state index contributed by atoms with van der Waals surface area (Å²) in [4.78, 5) is 14.0. The second-order valence-corrected chi connectivity index (χ2v) is 8.82. The van der Waals surface area contributed by atoms with Gasteiger partial charge in [0.1, 0.15) is 34.9 Å². The van der Waals surface area contributed by atoms with Crippen molar-refractivity contribution in [3.63, 3.8) is 0 Å². The molecule has 0 saturated carbocycles. The van der Waals surface area contributed by atoms with E-state index in [0.29, 0.717) is 36.4 Å². The second kappa shape index (κ2) is 8.52. The molecule has 0 spiro atoms. The first-order valence-corrected chi connectivity index (χ1v) is 11.0. The fraction of sp³-hybridized carbons (Fsp3) is 0.250. The minimum absolute atomic E-state index is 0.0716. The summed E-state index contributed by atoms with van der Waals surface area (Å²) in [5, 5.41) is 3.11. The van der Waals surface area contributed by atoms with Crippen molar-refractivity contribution >= 4 is 27.5 Å². The van der Waals surface area contributed by atoms with Crippen LogP contribution < -0.4 is 10.2 Å². The summed E-state index contributed by atoms with van der Waals surface area (Å²) in [5.41, 5.74) is 0. The van der Waals surface area contributed by atoms with Crippen LogP contribution in [0.3, 0.4) is 0 Å². The van der Waals surface area contributed by atoms with Crippen molar-refractivity contribution in [1.82, 2.24) is 19.3 Å². The van der Waals surface area contributed by atoms with Crippen molar-refractivity contribution in [2.75, 3.05) is 36.4 Å². The van der Waals surface area contributed by atoms with Gasteiger partial charge < -0.3 is 10.2 Å². The third kappa shape index (κ3) is 4.47. The second-order valence-electron chi connectivity index (χ2n) is 6.94. The Morgan fingerprint density at radius 1 is 0.935 bits per heavy atom. The molecule has 0 aliphatic carbocycles. The lowest BCUT2D eigenvalue weighted by molar-refractivity contribution is 0.377. The quantitative estimate of drug-likeness (QED) is 0.644. The molecule has 0 unspecified atom stereocenters. The smallest absolute Gasteiger partial charge is 0.249 e. The zero-order valence-corrected chi connectivity index (χ0v) is 17.5. The Morgan fingerprint density at radius 2 is 1.65 bits per heavy atom. The molecular formula is C20H20F2N6O2S. The number of hydrogen-bond donors (Lipinski definition) is 1. The maximum Gasteiger partial charge on any atom is 0.249 e. The van der Waals surface area contributed by atoms with Crippen molar-refractivity contribution in [3.05, 3.63) is 66.1 Å². The van der Waals surface area contributed by atoms with Crippen LogP contribution in [0.2, 0.25) is 0 Å². The van der Waals surface area contributed by atoms with Crippen LogP contribution in [0, 0.1) is 18.6 Å². The zero-order valence-electron chi connectivity index (χ0n) is 16.7. The van der Waals surface area contributed by atoms with Crippen LogP contribution in [-0.4, -0.2) is 53.9 Å². The van der Waals surface area contributed by atoms with E-state index in [1.807, 2.05) is 23.1 Å². The van der Waals surface area contributed by atoms with Gasteiger partial charge in [-0.05, 0) is 31.2 Å². The van der Waals surface area contributed by atoms with Gasteiger partial charge in [0.2, 0.25) is 10.0 Å². The molecule has 1 aromatic carbocycles. The predicted octanol–water partition coefficient (Wildman–Crippen LogP) is 2.71. The molecule has 4 rings (SSSR count). The average Bonchev–Trinajstić information content (AvgIpc) is 2.74. The Morgan fingerprint density at radius 3 is 2.29 bits per heavy atom. The molecule has 0 amide bonds. The molecule has 31 heavy (non-hydrogen) atoms. The van der Waals surface area contributed by atoms with Gasteiger partial charge >= 0.3 is 0 Å². The van der Waals surface area contributed by atoms with Crippen molar-refractivity contribution in [3.8, 4) is 0 Å². The van der Waals surface area contributed by atoms with Crippen LogP contribution in [0.1, 0.15) is 5.82 Å². The van der Waals surface area contributed by atoms with Gasteiger partial charge in [-0.2, -0.15) is 4.31 Å². The number of pyridine rings is 1. The maximum atomic E-state index is 14.0. The van der Waals surface area contributed by atoms with Gasteiger partial charge in [0.05, 0.1) is 0 Å². The monoisotopic (exact) mass is 446 g/mol. The molecule has 8 nitrogen and oxygen atoms in total. The summed E-state index contributed by atoms with van der Waals surface area (Å²) in [5.74, 6) is 0.164. The van der Waals surface area contributed by atoms with Crippen LogP contribution in [0.5, 0.6) is 0 Å². The highest BCUT2D eigenvalue weighted by molar-refractivity contribution is 7.89. The average molecular weight is 446 g/mol. The van der Waals surface area contributed by atoms with Gasteiger partial charge in [-0.25, -0.2) is 32.2 Å². The number of piperazine rings is 1. The van der Waals surface area contributed by atoms with E-state index in [-0.39, 0.29) is 13.1 Å². The molecule has 1 aliphatic rings. The molecule has 2 aromatic heterocycles. The minimum atomic E-state index is -4.28. The number of anilines is 3. The molecule has 3 aromatic rings. The Bertz CT molecular complexity index is 1170. The molecule has 1 aliphatic heterocycles. The summed E-state index contributed by atoms with van der Waals surface area (Å²) in [6.45, 7) is 2.53. The molecule has 11 heteroatoms. The highest BCUT2D eigenvalue weighted by atomic mass is 32.2. The molecule has 0 radical (unpaired) electrons. The number of benzene rings is 1. The zero-order chi connectivity index (χ0) is 22.0. The van der Waals surface area contributed by atoms with Crippen LogP contribution in [0.4, 0.5) is 26.2 Å². The van der Waals surface area contributed by atoms with Crippen LogP contribution in [0.25, 0.3) is 0 Å². The Hall–Kier alpha value is -3.18. The Balaban J connectivity index is 1.50. The maximum absolute atomic E-state index is 14.0. The standard InChI is InChI=1S/C20H20F2N6O2S/c1-14-24-18(26-17-7-2-3-8-23-17)13-19(25-14)27-9-11-28(12-10-27)31(29,30)20-15(21)5-4-6-16(20)22/h2-8,13H,9-12H2,1H3,(H,23,24,25,26). The third-order valence-electron chi connectivity index (χ3n) is 4.82. The third-order valence-corrected chi connectivity index (χ3v) is 6.78. The van der Waals surface area contributed by atoms with E-state index in [2.05, 4.69) is 20.3 Å². The van der Waals surface area contributed by atoms with E-state index in [1.165, 1.54) is 0 Å². The number of rotatable bonds is 5. The van der Waals surface area contributed by atoms with Crippen molar-refractivity contribution < 1.29 is 17.2 Å². The van der Waals surface area contributed by atoms with E-state index in [0.717, 1.165) is 22.5 Å². The largest absolute Gasteiger partial charge is 0.354 e. The van der Waals surface area contributed by atoms with Crippen LogP contribution in [-0.2, 0) is 10.0 Å². The van der Waals surface area contributed by atoms with Gasteiger partial charge in [0.15, 0.2) is 4.90 Å². The van der Waals surface area contributed by atoms with Crippen molar-refractivity contribution in [2.45, 2.75) is 11.8 Å². The molecule has 1 fully saturated rings. The highest BCUT2D eigenvalue weighted by Crippen LogP contribution is 2.25. The summed E-state index contributed by atoms with van der Waals surface area (Å²) >= 11 is 0. The first kappa shape index (κ1) is 21.1. The van der Waals surface area contributed by atoms with Gasteiger partial charge in [0.25, 0.3) is 0 Å². The van der Waals surface area contributed by atoms with Gasteiger partial charge in [-0.15, -0.1) is 0 Å². The van der Waals surface area contributed by atoms with E-state index in [9.17, 15) is 17.2 Å². The fourth-order valence-corrected chi connectivity index (χ4v) is 4.89. The fourth-order valence-electron chi connectivity index (χ4n) is 3.36. The Labute approximate surface area is 178 Å². The SMILES string of the molecule is Cc1nc(Nc2ccccn2)cc(N2CCN(S(=O)(=O)c3c(F)cccc3F)CC2)n1. The predicted molar refractivity (Wildman–Crippen MR) is 112 cm³/mol. The van der Waals surface area contributed by atoms with Gasteiger partial charge in [0, 0.05) is 38.4 Å². The number of aromatic nitrogens is 3. The topological polar surface area (TPSA) is 91.3 Å². The number of hydrogen-bond acceptors (Lipinski definition) is 7. The first-order chi connectivity index (χ1) is 14.8. The van der Waals surface area contributed by atoms with E-state index < -0.39 is 26.6 Å². The molecule has 162 valence electrons. The number of aryl methyl sites for hydroxylation is 1. The van der Waals surface area contributed by atoms with Gasteiger partial charge in [-0.1, -0.05) is 12.1 Å². The normalized spacial score (nSPS) is 15.1. The first-order valence-electron chi connectivity index (χ1n) is 9.57. The van der Waals surface area contributed by atoms with E-state index in [1.54, 1.807) is 19.2 Å².